The van der Waals surface area contributed by atoms with Crippen LogP contribution in [0.15, 0.2) is 12.2 Å². The Morgan fingerprint density at radius 2 is 1.37 bits per heavy atom. The van der Waals surface area contributed by atoms with Gasteiger partial charge in [0.1, 0.15) is 18.3 Å². The maximum Gasteiger partial charge on any atom is 0.303 e. The van der Waals surface area contributed by atoms with E-state index in [4.69, 9.17) is 18.9 Å². The van der Waals surface area contributed by atoms with Crippen molar-refractivity contribution < 1.29 is 48.0 Å². The van der Waals surface area contributed by atoms with Gasteiger partial charge in [-0.25, -0.2) is 0 Å². The summed E-state index contributed by atoms with van der Waals surface area (Å²) in [6.07, 6.45) is -4.41. The Morgan fingerprint density at radius 3 is 1.89 bits per heavy atom. The van der Waals surface area contributed by atoms with E-state index in [9.17, 15) is 29.1 Å². The van der Waals surface area contributed by atoms with Gasteiger partial charge in [-0.15, -0.1) is 0 Å². The molecule has 4 saturated carbocycles. The summed E-state index contributed by atoms with van der Waals surface area (Å²) in [6.45, 7) is 14.5. The maximum absolute atomic E-state index is 14.6. The number of esters is 4. The molecule has 210 valence electrons. The number of hydrogen-bond acceptors (Lipinski definition) is 10. The summed E-state index contributed by atoms with van der Waals surface area (Å²) in [4.78, 5) is 64.1. The average molecular weight is 535 g/mol. The molecule has 4 rings (SSSR count). The van der Waals surface area contributed by atoms with Crippen LogP contribution in [0.2, 0.25) is 0 Å². The van der Waals surface area contributed by atoms with Crippen molar-refractivity contribution in [3.63, 3.8) is 0 Å². The van der Waals surface area contributed by atoms with E-state index in [1.54, 1.807) is 13.8 Å². The van der Waals surface area contributed by atoms with Gasteiger partial charge in [0.05, 0.1) is 11.5 Å². The molecule has 0 unspecified atom stereocenters. The zero-order valence-corrected chi connectivity index (χ0v) is 23.1. The highest BCUT2D eigenvalue weighted by Crippen LogP contribution is 2.72. The van der Waals surface area contributed by atoms with Crippen molar-refractivity contribution in [2.45, 2.75) is 98.2 Å². The summed E-state index contributed by atoms with van der Waals surface area (Å²) in [6, 6.07) is 0. The van der Waals surface area contributed by atoms with Gasteiger partial charge >= 0.3 is 23.9 Å². The predicted octanol–water partition coefficient (Wildman–Crippen LogP) is 2.29. The third-order valence-corrected chi connectivity index (χ3v) is 9.67. The van der Waals surface area contributed by atoms with Crippen LogP contribution in [0.1, 0.15) is 67.7 Å². The van der Waals surface area contributed by atoms with Crippen molar-refractivity contribution in [3.05, 3.63) is 12.2 Å². The molecule has 10 nitrogen and oxygen atoms in total. The van der Waals surface area contributed by atoms with Gasteiger partial charge in [0.2, 0.25) is 0 Å². The molecule has 2 bridgehead atoms. The Balaban J connectivity index is 2.07. The van der Waals surface area contributed by atoms with Crippen LogP contribution < -0.4 is 0 Å². The highest BCUT2D eigenvalue weighted by Gasteiger charge is 2.80. The second-order valence-corrected chi connectivity index (χ2v) is 12.3. The van der Waals surface area contributed by atoms with Crippen molar-refractivity contribution in [1.82, 2.24) is 0 Å². The van der Waals surface area contributed by atoms with Crippen molar-refractivity contribution in [2.24, 2.45) is 34.0 Å². The number of ether oxygens (including phenoxy) is 4. The van der Waals surface area contributed by atoms with Crippen LogP contribution in [0.3, 0.4) is 0 Å². The SMILES string of the molecule is C=C1[C@@H]2C[C@H](OC(C)=O)[C@H]3[C@]4(C)[C@@H](OC(C)=O)C[C@H](O)C(C)(C)[C@H]4C(=O)[C@H](OC(C)=O)[C@]3(C2)[C@@H]1OC(C)=O. The molecule has 1 N–H and O–H groups in total. The molecule has 10 heteroatoms. The van der Waals surface area contributed by atoms with Crippen LogP contribution in [-0.4, -0.2) is 65.3 Å². The van der Waals surface area contributed by atoms with E-state index in [0.717, 1.165) is 0 Å². The Bertz CT molecular complexity index is 1090. The van der Waals surface area contributed by atoms with E-state index in [1.807, 2.05) is 6.92 Å². The summed E-state index contributed by atoms with van der Waals surface area (Å²) in [5.41, 5.74) is -2.97. The lowest BCUT2D eigenvalue weighted by Crippen LogP contribution is -2.76. The quantitative estimate of drug-likeness (QED) is 0.324. The lowest BCUT2D eigenvalue weighted by Gasteiger charge is -2.67. The minimum atomic E-state index is -1.37. The molecule has 0 aromatic carbocycles. The van der Waals surface area contributed by atoms with E-state index in [-0.39, 0.29) is 12.3 Å². The fourth-order valence-corrected chi connectivity index (χ4v) is 8.70. The second-order valence-electron chi connectivity index (χ2n) is 12.3. The van der Waals surface area contributed by atoms with E-state index in [1.165, 1.54) is 27.7 Å². The van der Waals surface area contributed by atoms with Gasteiger partial charge < -0.3 is 24.1 Å². The zero-order chi connectivity index (χ0) is 28.5. The van der Waals surface area contributed by atoms with Crippen LogP contribution in [0.4, 0.5) is 0 Å². The monoisotopic (exact) mass is 534 g/mol. The molecule has 38 heavy (non-hydrogen) atoms. The lowest BCUT2D eigenvalue weighted by molar-refractivity contribution is -0.277. The number of rotatable bonds is 4. The third kappa shape index (κ3) is 3.89. The van der Waals surface area contributed by atoms with E-state index in [2.05, 4.69) is 6.58 Å². The highest BCUT2D eigenvalue weighted by atomic mass is 16.6. The molecule has 0 aromatic rings. The number of aliphatic hydroxyl groups excluding tert-OH is 1. The predicted molar refractivity (Wildman–Crippen MR) is 131 cm³/mol. The molecule has 10 atom stereocenters. The molecule has 0 radical (unpaired) electrons. The fraction of sp³-hybridized carbons (Fsp3) is 0.750. The minimum Gasteiger partial charge on any atom is -0.462 e. The molecule has 4 aliphatic carbocycles. The van der Waals surface area contributed by atoms with E-state index >= 15 is 0 Å². The fourth-order valence-electron chi connectivity index (χ4n) is 8.70. The largest absolute Gasteiger partial charge is 0.462 e. The third-order valence-electron chi connectivity index (χ3n) is 9.67. The summed E-state index contributed by atoms with van der Waals surface area (Å²) < 4.78 is 23.4. The van der Waals surface area contributed by atoms with Crippen molar-refractivity contribution in [1.29, 1.82) is 0 Å². The summed E-state index contributed by atoms with van der Waals surface area (Å²) in [7, 11) is 0. The van der Waals surface area contributed by atoms with Gasteiger partial charge in [-0.1, -0.05) is 27.4 Å². The Morgan fingerprint density at radius 1 is 0.842 bits per heavy atom. The van der Waals surface area contributed by atoms with Crippen LogP contribution >= 0.6 is 0 Å². The number of fused-ring (bicyclic) bond motifs is 3. The zero-order valence-electron chi connectivity index (χ0n) is 23.1. The van der Waals surface area contributed by atoms with Crippen LogP contribution in [-0.2, 0) is 42.9 Å². The number of Topliss-reactive ketones (excluding diaryl/α,β-unsaturated/α-hetero) is 1. The van der Waals surface area contributed by atoms with Crippen molar-refractivity contribution in [3.8, 4) is 0 Å². The smallest absolute Gasteiger partial charge is 0.303 e. The molecule has 1 spiro atoms. The number of aliphatic hydroxyl groups is 1. The first-order chi connectivity index (χ1) is 17.5. The number of hydrogen-bond donors (Lipinski definition) is 1. The minimum absolute atomic E-state index is 0.0487. The van der Waals surface area contributed by atoms with Gasteiger partial charge in [-0.2, -0.15) is 0 Å². The topological polar surface area (TPSA) is 143 Å². The Kier molecular flexibility index (Phi) is 6.82. The van der Waals surface area contributed by atoms with Crippen molar-refractivity contribution in [2.75, 3.05) is 0 Å². The number of ketones is 1. The molecule has 0 aliphatic heterocycles. The summed E-state index contributed by atoms with van der Waals surface area (Å²) in [5.74, 6) is -4.85. The van der Waals surface area contributed by atoms with Gasteiger partial charge in [-0.05, 0) is 24.3 Å². The van der Waals surface area contributed by atoms with Gasteiger partial charge in [0, 0.05) is 56.8 Å². The van der Waals surface area contributed by atoms with Crippen LogP contribution in [0.25, 0.3) is 0 Å². The van der Waals surface area contributed by atoms with E-state index in [0.29, 0.717) is 18.4 Å². The molecule has 0 heterocycles. The molecular weight excluding hydrogens is 496 g/mol. The molecule has 4 aliphatic rings. The molecular formula is C28H38O10. The maximum atomic E-state index is 14.6. The highest BCUT2D eigenvalue weighted by molar-refractivity contribution is 5.92. The number of carbonyl (C=O) groups excluding carboxylic acids is 5. The first-order valence-corrected chi connectivity index (χ1v) is 13.1. The molecule has 0 amide bonds. The van der Waals surface area contributed by atoms with E-state index < -0.39 is 88.3 Å². The van der Waals surface area contributed by atoms with Gasteiger partial charge in [0.15, 0.2) is 11.9 Å². The number of carbonyl (C=O) groups is 5. The summed E-state index contributed by atoms with van der Waals surface area (Å²) >= 11 is 0. The van der Waals surface area contributed by atoms with Gasteiger partial charge in [-0.3, -0.25) is 24.0 Å². The van der Waals surface area contributed by atoms with Crippen LogP contribution in [0, 0.1) is 34.0 Å². The van der Waals surface area contributed by atoms with Crippen LogP contribution in [0.5, 0.6) is 0 Å². The van der Waals surface area contributed by atoms with Crippen molar-refractivity contribution >= 4 is 29.7 Å². The first kappa shape index (κ1) is 28.3. The lowest BCUT2D eigenvalue weighted by atomic mass is 9.38. The standard InChI is InChI=1S/C28H38O10/c1-12-17-9-18(35-13(2)29)22-27(8)20(36-14(3)30)10-19(33)26(6,7)23(27)21(34)25(38-16(5)32)28(22,11-17)24(12)37-15(4)31/h17-20,22-25,33H,1,9-11H2,2-8H3/t17-,18+,19+,20+,22+,23-,24-,25+,27+,28+/m1/s1. The summed E-state index contributed by atoms with van der Waals surface area (Å²) in [5, 5.41) is 11.2. The molecule has 4 fully saturated rings. The molecule has 0 saturated heterocycles. The Hall–Kier alpha value is -2.75. The molecule has 0 aromatic heterocycles. The normalized spacial score (nSPS) is 42.8. The average Bonchev–Trinajstić information content (AvgIpc) is 2.96. The van der Waals surface area contributed by atoms with Gasteiger partial charge in [0.25, 0.3) is 0 Å². The second kappa shape index (κ2) is 9.17. The first-order valence-electron chi connectivity index (χ1n) is 13.1. The Labute approximate surface area is 222 Å².